The quantitative estimate of drug-likeness (QED) is 0.720. The van der Waals surface area contributed by atoms with E-state index in [2.05, 4.69) is 9.97 Å². The number of H-pyrrole nitrogens is 1. The van der Waals surface area contributed by atoms with Gasteiger partial charge in [0.05, 0.1) is 0 Å². The molecule has 14 heavy (non-hydrogen) atoms. The Morgan fingerprint density at radius 3 is 3.29 bits per heavy atom. The monoisotopic (exact) mass is 193 g/mol. The minimum absolute atomic E-state index is 0.239. The summed E-state index contributed by atoms with van der Waals surface area (Å²) in [7, 11) is 0. The molecule has 4 nitrogen and oxygen atoms in total. The lowest BCUT2D eigenvalue weighted by molar-refractivity contribution is 0.514. The van der Waals surface area contributed by atoms with Gasteiger partial charge in [-0.05, 0) is 43.7 Å². The van der Waals surface area contributed by atoms with E-state index in [1.165, 1.54) is 5.56 Å². The summed E-state index contributed by atoms with van der Waals surface area (Å²) in [5.74, 6) is 0.494. The third-order valence-electron chi connectivity index (χ3n) is 2.86. The Kier molecular flexibility index (Phi) is 2.63. The SMILES string of the molecule is NCCC1CCCc2[nH]c(=O)ncc21. The van der Waals surface area contributed by atoms with E-state index in [1.807, 2.05) is 0 Å². The van der Waals surface area contributed by atoms with Crippen molar-refractivity contribution in [1.82, 2.24) is 9.97 Å². The van der Waals surface area contributed by atoms with Gasteiger partial charge in [-0.25, -0.2) is 9.78 Å². The molecule has 76 valence electrons. The van der Waals surface area contributed by atoms with Gasteiger partial charge in [-0.2, -0.15) is 0 Å². The highest BCUT2D eigenvalue weighted by Gasteiger charge is 2.20. The third kappa shape index (κ3) is 1.70. The highest BCUT2D eigenvalue weighted by Crippen LogP contribution is 2.31. The molecule has 1 aromatic rings. The maximum absolute atomic E-state index is 11.0. The van der Waals surface area contributed by atoms with Gasteiger partial charge in [0.15, 0.2) is 0 Å². The molecule has 4 heteroatoms. The van der Waals surface area contributed by atoms with E-state index in [1.54, 1.807) is 6.20 Å². The van der Waals surface area contributed by atoms with E-state index in [9.17, 15) is 4.79 Å². The molecule has 0 bridgehead atoms. The van der Waals surface area contributed by atoms with Crippen molar-refractivity contribution < 1.29 is 0 Å². The Morgan fingerprint density at radius 1 is 1.64 bits per heavy atom. The lowest BCUT2D eigenvalue weighted by atomic mass is 9.84. The van der Waals surface area contributed by atoms with Crippen molar-refractivity contribution in [3.63, 3.8) is 0 Å². The van der Waals surface area contributed by atoms with Crippen LogP contribution in [0.1, 0.15) is 36.4 Å². The first-order chi connectivity index (χ1) is 6.81. The summed E-state index contributed by atoms with van der Waals surface area (Å²) in [4.78, 5) is 17.6. The molecule has 1 aromatic heterocycles. The van der Waals surface area contributed by atoms with Crippen molar-refractivity contribution in [1.29, 1.82) is 0 Å². The molecule has 1 atom stereocenters. The zero-order valence-electron chi connectivity index (χ0n) is 8.12. The largest absolute Gasteiger partial charge is 0.345 e. The zero-order valence-corrected chi connectivity index (χ0v) is 8.12. The Hall–Kier alpha value is -1.16. The summed E-state index contributed by atoms with van der Waals surface area (Å²) in [6, 6.07) is 0. The van der Waals surface area contributed by atoms with E-state index in [0.29, 0.717) is 12.5 Å². The molecule has 0 fully saturated rings. The molecule has 1 aliphatic carbocycles. The smallest absolute Gasteiger partial charge is 0.330 e. The molecule has 0 saturated heterocycles. The van der Waals surface area contributed by atoms with Crippen LogP contribution in [0.3, 0.4) is 0 Å². The number of nitrogens with one attached hydrogen (secondary N) is 1. The van der Waals surface area contributed by atoms with Crippen LogP contribution in [-0.2, 0) is 6.42 Å². The molecule has 0 spiro atoms. The van der Waals surface area contributed by atoms with Gasteiger partial charge < -0.3 is 10.7 Å². The first kappa shape index (κ1) is 9.40. The molecule has 0 radical (unpaired) electrons. The second-order valence-corrected chi connectivity index (χ2v) is 3.79. The van der Waals surface area contributed by atoms with Crippen molar-refractivity contribution in [3.8, 4) is 0 Å². The average molecular weight is 193 g/mol. The number of hydrogen-bond acceptors (Lipinski definition) is 3. The van der Waals surface area contributed by atoms with Gasteiger partial charge in [0, 0.05) is 11.9 Å². The molecular weight excluding hydrogens is 178 g/mol. The summed E-state index contributed by atoms with van der Waals surface area (Å²) in [6.07, 6.45) is 5.97. The number of aryl methyl sites for hydroxylation is 1. The van der Waals surface area contributed by atoms with Crippen molar-refractivity contribution in [2.75, 3.05) is 6.54 Å². The predicted molar refractivity (Wildman–Crippen MR) is 54.2 cm³/mol. The van der Waals surface area contributed by atoms with E-state index >= 15 is 0 Å². The Bertz CT molecular complexity index is 372. The predicted octanol–water partition coefficient (Wildman–Crippen LogP) is 0.539. The van der Waals surface area contributed by atoms with E-state index in [4.69, 9.17) is 5.73 Å². The normalized spacial score (nSPS) is 20.5. The van der Waals surface area contributed by atoms with Gasteiger partial charge in [-0.15, -0.1) is 0 Å². The molecule has 1 aliphatic rings. The summed E-state index contributed by atoms with van der Waals surface area (Å²) in [6.45, 7) is 0.698. The average Bonchev–Trinajstić information content (AvgIpc) is 2.18. The molecule has 0 saturated carbocycles. The third-order valence-corrected chi connectivity index (χ3v) is 2.86. The molecule has 3 N–H and O–H groups in total. The number of nitrogens with zero attached hydrogens (tertiary/aromatic N) is 1. The summed E-state index contributed by atoms with van der Waals surface area (Å²) in [5, 5.41) is 0. The van der Waals surface area contributed by atoms with Gasteiger partial charge in [-0.1, -0.05) is 0 Å². The molecule has 0 aromatic carbocycles. The number of aromatic amines is 1. The lowest BCUT2D eigenvalue weighted by Crippen LogP contribution is -2.21. The molecule has 1 heterocycles. The van der Waals surface area contributed by atoms with Crippen LogP contribution in [0.4, 0.5) is 0 Å². The van der Waals surface area contributed by atoms with E-state index in [0.717, 1.165) is 31.4 Å². The van der Waals surface area contributed by atoms with Gasteiger partial charge in [0.1, 0.15) is 0 Å². The van der Waals surface area contributed by atoms with Crippen LogP contribution >= 0.6 is 0 Å². The van der Waals surface area contributed by atoms with Crippen LogP contribution in [0, 0.1) is 0 Å². The van der Waals surface area contributed by atoms with Crippen molar-refractivity contribution in [3.05, 3.63) is 27.9 Å². The standard InChI is InChI=1S/C10H15N3O/c11-5-4-7-2-1-3-9-8(7)6-12-10(14)13-9/h6-7H,1-5,11H2,(H,12,13,14). The molecule has 0 aliphatic heterocycles. The molecule has 1 unspecified atom stereocenters. The summed E-state index contributed by atoms with van der Waals surface area (Å²) >= 11 is 0. The van der Waals surface area contributed by atoms with Crippen LogP contribution in [0.2, 0.25) is 0 Å². The van der Waals surface area contributed by atoms with Crippen molar-refractivity contribution in [2.24, 2.45) is 5.73 Å². The topological polar surface area (TPSA) is 71.8 Å². The summed E-state index contributed by atoms with van der Waals surface area (Å²) in [5.41, 5.74) is 7.58. The van der Waals surface area contributed by atoms with Crippen molar-refractivity contribution >= 4 is 0 Å². The maximum atomic E-state index is 11.0. The van der Waals surface area contributed by atoms with Crippen LogP contribution in [0.25, 0.3) is 0 Å². The van der Waals surface area contributed by atoms with E-state index < -0.39 is 0 Å². The van der Waals surface area contributed by atoms with Crippen LogP contribution in [0.15, 0.2) is 11.0 Å². The number of fused-ring (bicyclic) bond motifs is 1. The Morgan fingerprint density at radius 2 is 2.50 bits per heavy atom. The van der Waals surface area contributed by atoms with Gasteiger partial charge in [0.25, 0.3) is 0 Å². The fourth-order valence-corrected chi connectivity index (χ4v) is 2.18. The number of aromatic nitrogens is 2. The number of nitrogens with two attached hydrogens (primary N) is 1. The lowest BCUT2D eigenvalue weighted by Gasteiger charge is -2.23. The minimum atomic E-state index is -0.239. The van der Waals surface area contributed by atoms with Crippen molar-refractivity contribution in [2.45, 2.75) is 31.6 Å². The molecule has 2 rings (SSSR count). The van der Waals surface area contributed by atoms with Crippen LogP contribution in [-0.4, -0.2) is 16.5 Å². The minimum Gasteiger partial charge on any atom is -0.330 e. The van der Waals surface area contributed by atoms with Crippen LogP contribution in [0.5, 0.6) is 0 Å². The number of hydrogen-bond donors (Lipinski definition) is 2. The molecule has 0 amide bonds. The molecular formula is C10H15N3O. The van der Waals surface area contributed by atoms with Gasteiger partial charge in [-0.3, -0.25) is 0 Å². The van der Waals surface area contributed by atoms with Crippen LogP contribution < -0.4 is 11.4 Å². The highest BCUT2D eigenvalue weighted by atomic mass is 16.1. The first-order valence-corrected chi connectivity index (χ1v) is 5.09. The zero-order chi connectivity index (χ0) is 9.97. The highest BCUT2D eigenvalue weighted by molar-refractivity contribution is 5.23. The Labute approximate surface area is 82.6 Å². The Balaban J connectivity index is 2.34. The maximum Gasteiger partial charge on any atom is 0.345 e. The fraction of sp³-hybridized carbons (Fsp3) is 0.600. The second-order valence-electron chi connectivity index (χ2n) is 3.79. The number of rotatable bonds is 2. The van der Waals surface area contributed by atoms with Gasteiger partial charge in [0.2, 0.25) is 0 Å². The first-order valence-electron chi connectivity index (χ1n) is 5.09. The fourth-order valence-electron chi connectivity index (χ4n) is 2.18. The van der Waals surface area contributed by atoms with E-state index in [-0.39, 0.29) is 5.69 Å². The summed E-state index contributed by atoms with van der Waals surface area (Å²) < 4.78 is 0. The van der Waals surface area contributed by atoms with Gasteiger partial charge >= 0.3 is 5.69 Å². The second kappa shape index (κ2) is 3.92.